The van der Waals surface area contributed by atoms with Gasteiger partial charge in [-0.2, -0.15) is 0 Å². The van der Waals surface area contributed by atoms with Crippen molar-refractivity contribution in [1.29, 1.82) is 0 Å². The van der Waals surface area contributed by atoms with E-state index in [0.29, 0.717) is 21.5 Å². The Bertz CT molecular complexity index is 638. The summed E-state index contributed by atoms with van der Waals surface area (Å²) in [5.41, 5.74) is 1.61. The fraction of sp³-hybridized carbons (Fsp3) is 0.188. The lowest BCUT2D eigenvalue weighted by Crippen LogP contribution is -2.30. The number of benzene rings is 2. The van der Waals surface area contributed by atoms with Gasteiger partial charge in [0.2, 0.25) is 0 Å². The van der Waals surface area contributed by atoms with Crippen molar-refractivity contribution < 1.29 is 9.53 Å². The van der Waals surface area contributed by atoms with Crippen LogP contribution in [-0.4, -0.2) is 12.0 Å². The summed E-state index contributed by atoms with van der Waals surface area (Å²) in [5, 5.41) is 3.65. The Labute approximate surface area is 133 Å². The number of carbonyl (C=O) groups excluding carboxylic acids is 1. The number of carbonyl (C=O) groups is 1. The smallest absolute Gasteiger partial charge is 0.265 e. The Balaban J connectivity index is 2.02. The van der Waals surface area contributed by atoms with Gasteiger partial charge in [-0.15, -0.1) is 0 Å². The van der Waals surface area contributed by atoms with Crippen LogP contribution in [0.2, 0.25) is 10.0 Å². The highest BCUT2D eigenvalue weighted by Gasteiger charge is 2.15. The Hall–Kier alpha value is -1.71. The first-order chi connectivity index (χ1) is 9.94. The molecule has 21 heavy (non-hydrogen) atoms. The second kappa shape index (κ2) is 6.83. The lowest BCUT2D eigenvalue weighted by Gasteiger charge is -2.15. The second-order valence-corrected chi connectivity index (χ2v) is 5.60. The van der Waals surface area contributed by atoms with Gasteiger partial charge in [-0.25, -0.2) is 0 Å². The molecular weight excluding hydrogens is 309 g/mol. The average Bonchev–Trinajstić information content (AvgIpc) is 2.37. The third-order valence-electron chi connectivity index (χ3n) is 2.80. The van der Waals surface area contributed by atoms with Gasteiger partial charge in [-0.3, -0.25) is 4.79 Å². The topological polar surface area (TPSA) is 38.3 Å². The third-order valence-corrected chi connectivity index (χ3v) is 3.24. The van der Waals surface area contributed by atoms with E-state index in [1.165, 1.54) is 0 Å². The summed E-state index contributed by atoms with van der Waals surface area (Å²) < 4.78 is 5.61. The van der Waals surface area contributed by atoms with E-state index in [1.54, 1.807) is 25.1 Å². The second-order valence-electron chi connectivity index (χ2n) is 4.72. The van der Waals surface area contributed by atoms with Crippen LogP contribution in [0.25, 0.3) is 0 Å². The zero-order valence-corrected chi connectivity index (χ0v) is 13.2. The van der Waals surface area contributed by atoms with Crippen molar-refractivity contribution in [3.63, 3.8) is 0 Å². The summed E-state index contributed by atoms with van der Waals surface area (Å²) in [7, 11) is 0. The molecule has 0 aromatic heterocycles. The Morgan fingerprint density at radius 1 is 1.14 bits per heavy atom. The largest absolute Gasteiger partial charge is 0.481 e. The summed E-state index contributed by atoms with van der Waals surface area (Å²) in [6, 6.07) is 12.4. The van der Waals surface area contributed by atoms with Gasteiger partial charge in [0.15, 0.2) is 6.10 Å². The minimum atomic E-state index is -0.635. The van der Waals surface area contributed by atoms with Crippen LogP contribution in [0.15, 0.2) is 42.5 Å². The van der Waals surface area contributed by atoms with Crippen molar-refractivity contribution in [1.82, 2.24) is 0 Å². The molecule has 110 valence electrons. The van der Waals surface area contributed by atoms with Gasteiger partial charge in [0.05, 0.1) is 0 Å². The molecule has 2 rings (SSSR count). The van der Waals surface area contributed by atoms with E-state index in [-0.39, 0.29) is 5.91 Å². The molecule has 0 saturated heterocycles. The maximum Gasteiger partial charge on any atom is 0.265 e. The number of aryl methyl sites for hydroxylation is 1. The van der Waals surface area contributed by atoms with Crippen molar-refractivity contribution in [2.75, 3.05) is 5.32 Å². The first kappa shape index (κ1) is 15.7. The summed E-state index contributed by atoms with van der Waals surface area (Å²) >= 11 is 11.8. The normalized spacial score (nSPS) is 11.8. The van der Waals surface area contributed by atoms with Crippen molar-refractivity contribution in [2.24, 2.45) is 0 Å². The molecule has 2 aromatic carbocycles. The van der Waals surface area contributed by atoms with Crippen molar-refractivity contribution in [3.05, 3.63) is 58.1 Å². The van der Waals surface area contributed by atoms with E-state index in [9.17, 15) is 4.79 Å². The van der Waals surface area contributed by atoms with Crippen LogP contribution < -0.4 is 10.1 Å². The summed E-state index contributed by atoms with van der Waals surface area (Å²) in [6.07, 6.45) is -0.635. The van der Waals surface area contributed by atoms with Gasteiger partial charge in [0, 0.05) is 15.7 Å². The molecule has 1 atom stereocenters. The van der Waals surface area contributed by atoms with Gasteiger partial charge >= 0.3 is 0 Å². The standard InChI is InChI=1S/C16H15Cl2NO2/c1-10-4-3-5-15(6-10)21-11(2)16(20)19-14-8-12(17)7-13(18)9-14/h3-9,11H,1-2H3,(H,19,20)/t11-/m1/s1. The van der Waals surface area contributed by atoms with Crippen LogP contribution in [0.5, 0.6) is 5.75 Å². The fourth-order valence-electron chi connectivity index (χ4n) is 1.82. The van der Waals surface area contributed by atoms with Crippen LogP contribution in [0.1, 0.15) is 12.5 Å². The molecule has 0 spiro atoms. The number of rotatable bonds is 4. The SMILES string of the molecule is Cc1cccc(O[C@H](C)C(=O)Nc2cc(Cl)cc(Cl)c2)c1. The molecule has 3 nitrogen and oxygen atoms in total. The van der Waals surface area contributed by atoms with E-state index in [0.717, 1.165) is 5.56 Å². The van der Waals surface area contributed by atoms with Gasteiger partial charge in [-0.1, -0.05) is 35.3 Å². The van der Waals surface area contributed by atoms with E-state index < -0.39 is 6.10 Å². The number of anilines is 1. The molecule has 5 heteroatoms. The van der Waals surface area contributed by atoms with E-state index in [2.05, 4.69) is 5.32 Å². The highest BCUT2D eigenvalue weighted by Crippen LogP contribution is 2.23. The number of amides is 1. The van der Waals surface area contributed by atoms with Gasteiger partial charge in [-0.05, 0) is 49.7 Å². The maximum atomic E-state index is 12.1. The van der Waals surface area contributed by atoms with Crippen LogP contribution in [0, 0.1) is 6.92 Å². The number of hydrogen-bond donors (Lipinski definition) is 1. The maximum absolute atomic E-state index is 12.1. The fourth-order valence-corrected chi connectivity index (χ4v) is 2.34. The molecule has 0 bridgehead atoms. The predicted molar refractivity (Wildman–Crippen MR) is 86.4 cm³/mol. The summed E-state index contributed by atoms with van der Waals surface area (Å²) in [6.45, 7) is 3.65. The Morgan fingerprint density at radius 2 is 1.81 bits per heavy atom. The van der Waals surface area contributed by atoms with E-state index in [4.69, 9.17) is 27.9 Å². The van der Waals surface area contributed by atoms with Gasteiger partial charge in [0.1, 0.15) is 5.75 Å². The molecule has 2 aromatic rings. The first-order valence-electron chi connectivity index (χ1n) is 6.44. The van der Waals surface area contributed by atoms with Crippen molar-refractivity contribution in [3.8, 4) is 5.75 Å². The van der Waals surface area contributed by atoms with Crippen molar-refractivity contribution >= 4 is 34.8 Å². The molecule has 0 radical (unpaired) electrons. The molecule has 0 unspecified atom stereocenters. The van der Waals surface area contributed by atoms with Crippen molar-refractivity contribution in [2.45, 2.75) is 20.0 Å². The highest BCUT2D eigenvalue weighted by atomic mass is 35.5. The first-order valence-corrected chi connectivity index (χ1v) is 7.20. The molecule has 1 amide bonds. The molecule has 0 aliphatic carbocycles. The number of ether oxygens (including phenoxy) is 1. The van der Waals surface area contributed by atoms with Crippen LogP contribution in [0.3, 0.4) is 0 Å². The Morgan fingerprint density at radius 3 is 2.43 bits per heavy atom. The van der Waals surface area contributed by atoms with Crippen LogP contribution in [0.4, 0.5) is 5.69 Å². The molecule has 0 heterocycles. The average molecular weight is 324 g/mol. The monoisotopic (exact) mass is 323 g/mol. The molecule has 0 aliphatic heterocycles. The molecule has 1 N–H and O–H groups in total. The molecule has 0 saturated carbocycles. The van der Waals surface area contributed by atoms with Crippen LogP contribution >= 0.6 is 23.2 Å². The third kappa shape index (κ3) is 4.66. The number of hydrogen-bond acceptors (Lipinski definition) is 2. The zero-order chi connectivity index (χ0) is 15.4. The zero-order valence-electron chi connectivity index (χ0n) is 11.7. The molecule has 0 fully saturated rings. The van der Waals surface area contributed by atoms with E-state index in [1.807, 2.05) is 31.2 Å². The molecular formula is C16H15Cl2NO2. The lowest BCUT2D eigenvalue weighted by molar-refractivity contribution is -0.122. The quantitative estimate of drug-likeness (QED) is 0.885. The minimum absolute atomic E-state index is 0.269. The van der Waals surface area contributed by atoms with Gasteiger partial charge in [0.25, 0.3) is 5.91 Å². The highest BCUT2D eigenvalue weighted by molar-refractivity contribution is 6.35. The predicted octanol–water partition coefficient (Wildman–Crippen LogP) is 4.71. The van der Waals surface area contributed by atoms with E-state index >= 15 is 0 Å². The van der Waals surface area contributed by atoms with Gasteiger partial charge < -0.3 is 10.1 Å². The number of nitrogens with one attached hydrogen (secondary N) is 1. The summed E-state index contributed by atoms with van der Waals surface area (Å²) in [4.78, 5) is 12.1. The minimum Gasteiger partial charge on any atom is -0.481 e. The summed E-state index contributed by atoms with van der Waals surface area (Å²) in [5.74, 6) is 0.386. The molecule has 0 aliphatic rings. The lowest BCUT2D eigenvalue weighted by atomic mass is 10.2. The Kier molecular flexibility index (Phi) is 5.10. The number of halogens is 2. The van der Waals surface area contributed by atoms with Crippen LogP contribution in [-0.2, 0) is 4.79 Å².